The smallest absolute Gasteiger partial charge is 0.287 e. The molecule has 0 fully saturated rings. The Kier molecular flexibility index (Phi) is 5.67. The van der Waals surface area contributed by atoms with E-state index in [-0.39, 0.29) is 13.2 Å². The minimum absolute atomic E-state index is 0.241. The number of nitrogens with one attached hydrogen (secondary N) is 1. The van der Waals surface area contributed by atoms with Crippen LogP contribution in [-0.2, 0) is 16.1 Å². The average Bonchev–Trinajstić information content (AvgIpc) is 2.38. The number of hydrogen-bond donors (Lipinski definition) is 2. The van der Waals surface area contributed by atoms with Gasteiger partial charge in [-0.25, -0.2) is 8.78 Å². The Labute approximate surface area is 104 Å². The Morgan fingerprint density at radius 2 is 2.00 bits per heavy atom. The summed E-state index contributed by atoms with van der Waals surface area (Å²) < 4.78 is 30.3. The number of ether oxygens (including phenoxy) is 1. The highest BCUT2D eigenvalue weighted by Gasteiger charge is 2.27. The topological polar surface area (TPSA) is 58.6 Å². The summed E-state index contributed by atoms with van der Waals surface area (Å²) in [5, 5.41) is 10.3. The Balaban J connectivity index is 2.18. The monoisotopic (exact) mass is 259 g/mol. The second kappa shape index (κ2) is 7.03. The molecule has 0 saturated carbocycles. The molecule has 1 aromatic carbocycles. The molecule has 0 heterocycles. The summed E-state index contributed by atoms with van der Waals surface area (Å²) in [7, 11) is 0. The second-order valence-corrected chi connectivity index (χ2v) is 3.77. The molecule has 0 saturated heterocycles. The van der Waals surface area contributed by atoms with Crippen LogP contribution in [0.25, 0.3) is 0 Å². The molecular formula is C12H15F2NO3. The maximum absolute atomic E-state index is 12.6. The lowest BCUT2D eigenvalue weighted by molar-refractivity contribution is -0.128. The van der Waals surface area contributed by atoms with Crippen LogP contribution >= 0.6 is 0 Å². The zero-order chi connectivity index (χ0) is 13.4. The van der Waals surface area contributed by atoms with Crippen LogP contribution in [0.2, 0.25) is 0 Å². The molecule has 0 spiro atoms. The molecule has 0 aliphatic rings. The van der Waals surface area contributed by atoms with E-state index in [4.69, 9.17) is 9.84 Å². The maximum Gasteiger partial charge on any atom is 0.287 e. The predicted octanol–water partition coefficient (Wildman–Crippen LogP) is 0.947. The molecule has 4 nitrogen and oxygen atoms in total. The maximum atomic E-state index is 12.6. The number of carbonyl (C=O) groups is 1. The molecule has 6 heteroatoms. The third-order valence-corrected chi connectivity index (χ3v) is 2.12. The number of alkyl halides is 2. The summed E-state index contributed by atoms with van der Waals surface area (Å²) >= 11 is 0. The highest BCUT2D eigenvalue weighted by atomic mass is 19.3. The van der Waals surface area contributed by atoms with Crippen LogP contribution in [0.3, 0.4) is 0 Å². The largest absolute Gasteiger partial charge is 0.390 e. The molecule has 0 unspecified atom stereocenters. The van der Waals surface area contributed by atoms with E-state index < -0.39 is 25.0 Å². The van der Waals surface area contributed by atoms with Crippen molar-refractivity contribution >= 4 is 5.91 Å². The van der Waals surface area contributed by atoms with Crippen LogP contribution in [-0.4, -0.2) is 36.7 Å². The SMILES string of the molecule is O=C(COCc1ccccc1)NCC(F)(F)CO. The van der Waals surface area contributed by atoms with Gasteiger partial charge in [0, 0.05) is 0 Å². The lowest BCUT2D eigenvalue weighted by atomic mass is 10.2. The number of benzene rings is 1. The fraction of sp³-hybridized carbons (Fsp3) is 0.417. The van der Waals surface area contributed by atoms with Gasteiger partial charge in [-0.3, -0.25) is 4.79 Å². The van der Waals surface area contributed by atoms with Gasteiger partial charge in [0.15, 0.2) is 0 Å². The van der Waals surface area contributed by atoms with Gasteiger partial charge in [-0.15, -0.1) is 0 Å². The number of carbonyl (C=O) groups excluding carboxylic acids is 1. The van der Waals surface area contributed by atoms with E-state index >= 15 is 0 Å². The normalized spacial score (nSPS) is 11.3. The molecule has 1 amide bonds. The van der Waals surface area contributed by atoms with E-state index in [0.717, 1.165) is 5.56 Å². The van der Waals surface area contributed by atoms with Gasteiger partial charge < -0.3 is 15.2 Å². The summed E-state index contributed by atoms with van der Waals surface area (Å²) in [6, 6.07) is 9.18. The van der Waals surface area contributed by atoms with Gasteiger partial charge in [-0.2, -0.15) is 0 Å². The van der Waals surface area contributed by atoms with Gasteiger partial charge in [0.25, 0.3) is 5.92 Å². The van der Waals surface area contributed by atoms with Crippen molar-refractivity contribution in [2.75, 3.05) is 19.8 Å². The fourth-order valence-corrected chi connectivity index (χ4v) is 1.17. The zero-order valence-electron chi connectivity index (χ0n) is 9.73. The Morgan fingerprint density at radius 1 is 1.33 bits per heavy atom. The standard InChI is InChI=1S/C12H15F2NO3/c13-12(14,9-16)8-15-11(17)7-18-6-10-4-2-1-3-5-10/h1-5,16H,6-9H2,(H,15,17). The zero-order valence-corrected chi connectivity index (χ0v) is 9.73. The number of rotatable bonds is 7. The van der Waals surface area contributed by atoms with E-state index in [2.05, 4.69) is 0 Å². The van der Waals surface area contributed by atoms with Gasteiger partial charge >= 0.3 is 0 Å². The van der Waals surface area contributed by atoms with Gasteiger partial charge in [0.05, 0.1) is 13.2 Å². The highest BCUT2D eigenvalue weighted by molar-refractivity contribution is 5.77. The predicted molar refractivity (Wildman–Crippen MR) is 61.1 cm³/mol. The van der Waals surface area contributed by atoms with Crippen LogP contribution in [0.1, 0.15) is 5.56 Å². The van der Waals surface area contributed by atoms with Crippen LogP contribution in [0.15, 0.2) is 30.3 Å². The van der Waals surface area contributed by atoms with Gasteiger partial charge in [-0.05, 0) is 5.56 Å². The third-order valence-electron chi connectivity index (χ3n) is 2.12. The molecule has 0 aromatic heterocycles. The Morgan fingerprint density at radius 3 is 2.61 bits per heavy atom. The first kappa shape index (κ1) is 14.5. The summed E-state index contributed by atoms with van der Waals surface area (Å²) in [5.41, 5.74) is 0.894. The van der Waals surface area contributed by atoms with Crippen molar-refractivity contribution in [2.24, 2.45) is 0 Å². The molecule has 0 aliphatic heterocycles. The second-order valence-electron chi connectivity index (χ2n) is 3.77. The number of amides is 1. The van der Waals surface area contributed by atoms with Gasteiger partial charge in [0.1, 0.15) is 13.2 Å². The van der Waals surface area contributed by atoms with Crippen molar-refractivity contribution < 1.29 is 23.4 Å². The third kappa shape index (κ3) is 5.70. The lowest BCUT2D eigenvalue weighted by Gasteiger charge is -2.13. The first-order valence-corrected chi connectivity index (χ1v) is 5.40. The molecule has 100 valence electrons. The summed E-state index contributed by atoms with van der Waals surface area (Å²) in [5.74, 6) is -3.94. The molecule has 0 aliphatic carbocycles. The summed E-state index contributed by atoms with van der Waals surface area (Å²) in [6.45, 7) is -2.24. The van der Waals surface area contributed by atoms with Crippen molar-refractivity contribution in [3.05, 3.63) is 35.9 Å². The van der Waals surface area contributed by atoms with Crippen molar-refractivity contribution in [1.29, 1.82) is 0 Å². The van der Waals surface area contributed by atoms with E-state index in [9.17, 15) is 13.6 Å². The first-order valence-electron chi connectivity index (χ1n) is 5.40. The van der Waals surface area contributed by atoms with Crippen LogP contribution < -0.4 is 5.32 Å². The van der Waals surface area contributed by atoms with E-state index in [0.29, 0.717) is 0 Å². The van der Waals surface area contributed by atoms with Crippen molar-refractivity contribution in [1.82, 2.24) is 5.32 Å². The minimum atomic E-state index is -3.30. The molecule has 0 radical (unpaired) electrons. The summed E-state index contributed by atoms with van der Waals surface area (Å²) in [6.07, 6.45) is 0. The lowest BCUT2D eigenvalue weighted by Crippen LogP contribution is -2.40. The Bertz CT molecular complexity index is 371. The van der Waals surface area contributed by atoms with E-state index in [1.165, 1.54) is 0 Å². The highest BCUT2D eigenvalue weighted by Crippen LogP contribution is 2.09. The Hall–Kier alpha value is -1.53. The van der Waals surface area contributed by atoms with E-state index in [1.54, 1.807) is 0 Å². The molecule has 0 bridgehead atoms. The van der Waals surface area contributed by atoms with E-state index in [1.807, 2.05) is 35.6 Å². The van der Waals surface area contributed by atoms with Crippen LogP contribution in [0.5, 0.6) is 0 Å². The van der Waals surface area contributed by atoms with Crippen LogP contribution in [0.4, 0.5) is 8.78 Å². The van der Waals surface area contributed by atoms with Gasteiger partial charge in [-0.1, -0.05) is 30.3 Å². The molecule has 1 rings (SSSR count). The van der Waals surface area contributed by atoms with Crippen molar-refractivity contribution in [3.63, 3.8) is 0 Å². The number of hydrogen-bond acceptors (Lipinski definition) is 3. The summed E-state index contributed by atoms with van der Waals surface area (Å²) in [4.78, 5) is 11.1. The molecule has 1 aromatic rings. The first-order chi connectivity index (χ1) is 8.53. The number of halogens is 2. The molecule has 0 atom stereocenters. The fourth-order valence-electron chi connectivity index (χ4n) is 1.17. The average molecular weight is 259 g/mol. The minimum Gasteiger partial charge on any atom is -0.390 e. The number of aliphatic hydroxyl groups excluding tert-OH is 1. The molecular weight excluding hydrogens is 244 g/mol. The van der Waals surface area contributed by atoms with Crippen LogP contribution in [0, 0.1) is 0 Å². The molecule has 2 N–H and O–H groups in total. The van der Waals surface area contributed by atoms with Crippen molar-refractivity contribution in [2.45, 2.75) is 12.5 Å². The van der Waals surface area contributed by atoms with Gasteiger partial charge in [0.2, 0.25) is 5.91 Å². The van der Waals surface area contributed by atoms with Crippen molar-refractivity contribution in [3.8, 4) is 0 Å². The quantitative estimate of drug-likeness (QED) is 0.766. The molecule has 18 heavy (non-hydrogen) atoms. The number of aliphatic hydroxyl groups is 1.